The number of nitrogens with zero attached hydrogens (tertiary/aromatic N) is 4. The molecule has 0 spiro atoms. The number of carbonyl (C=O) groups is 1. The molecule has 0 N–H and O–H groups in total. The maximum Gasteiger partial charge on any atom is 0.269 e. The molecule has 1 amide bonds. The first-order valence-corrected chi connectivity index (χ1v) is 12.9. The Labute approximate surface area is 236 Å². The van der Waals surface area contributed by atoms with Crippen molar-refractivity contribution in [2.24, 2.45) is 11.0 Å². The molecule has 1 aliphatic rings. The molecule has 3 aromatic carbocycles. The molecule has 40 heavy (non-hydrogen) atoms. The van der Waals surface area contributed by atoms with Crippen LogP contribution in [0, 0.1) is 26.1 Å². The Morgan fingerprint density at radius 3 is 1.93 bits per heavy atom. The van der Waals surface area contributed by atoms with Gasteiger partial charge < -0.3 is 9.47 Å². The van der Waals surface area contributed by atoms with E-state index in [9.17, 15) is 25.0 Å². The molecule has 210 valence electrons. The van der Waals surface area contributed by atoms with E-state index in [0.717, 1.165) is 28.8 Å². The van der Waals surface area contributed by atoms with E-state index < -0.39 is 9.85 Å². The second-order valence-corrected chi connectivity index (χ2v) is 9.06. The first-order valence-electron chi connectivity index (χ1n) is 12.3. The van der Waals surface area contributed by atoms with Gasteiger partial charge in [0.05, 0.1) is 36.3 Å². The number of hydrogen-bond acceptors (Lipinski definition) is 8. The molecule has 0 aromatic heterocycles. The summed E-state index contributed by atoms with van der Waals surface area (Å²) in [5.41, 5.74) is 3.45. The lowest BCUT2D eigenvalue weighted by Crippen LogP contribution is -2.36. The molecule has 3 aromatic rings. The number of nitro groups is 2. The second-order valence-electron chi connectivity index (χ2n) is 8.80. The first kappa shape index (κ1) is 30.0. The number of carbonyl (C=O) groups excluding carboxylic acids is 1. The van der Waals surface area contributed by atoms with Crippen LogP contribution in [0.2, 0.25) is 0 Å². The third kappa shape index (κ3) is 7.54. The zero-order chi connectivity index (χ0) is 29.2. The monoisotopic (exact) mass is 568 g/mol. The third-order valence-corrected chi connectivity index (χ3v) is 6.59. The largest absolute Gasteiger partial charge is 0.493 e. The zero-order valence-electron chi connectivity index (χ0n) is 22.3. The van der Waals surface area contributed by atoms with Gasteiger partial charge in [0.25, 0.3) is 11.4 Å². The van der Waals surface area contributed by atoms with Gasteiger partial charge in [-0.15, -0.1) is 11.6 Å². The lowest BCUT2D eigenvalue weighted by Gasteiger charge is -2.29. The molecule has 0 radical (unpaired) electrons. The van der Waals surface area contributed by atoms with Crippen molar-refractivity contribution in [1.82, 2.24) is 5.01 Å². The van der Waals surface area contributed by atoms with Crippen molar-refractivity contribution in [2.45, 2.75) is 32.2 Å². The van der Waals surface area contributed by atoms with Crippen molar-refractivity contribution in [3.63, 3.8) is 0 Å². The summed E-state index contributed by atoms with van der Waals surface area (Å²) in [6.07, 6.45) is 1.14. The van der Waals surface area contributed by atoms with Crippen LogP contribution in [0.4, 0.5) is 11.4 Å². The minimum atomic E-state index is -0.449. The van der Waals surface area contributed by atoms with Crippen LogP contribution in [0.1, 0.15) is 36.5 Å². The maximum absolute atomic E-state index is 12.6. The molecular weight excluding hydrogens is 540 g/mol. The summed E-state index contributed by atoms with van der Waals surface area (Å²) in [5.74, 6) is 1.55. The number of halogens is 1. The van der Waals surface area contributed by atoms with Gasteiger partial charge in [-0.1, -0.05) is 31.2 Å². The molecule has 4 rings (SSSR count). The minimum absolute atomic E-state index is 0.00807. The fourth-order valence-corrected chi connectivity index (χ4v) is 4.21. The molecule has 0 bridgehead atoms. The molecule has 1 heterocycles. The van der Waals surface area contributed by atoms with Crippen LogP contribution in [-0.2, 0) is 17.2 Å². The molecule has 1 unspecified atom stereocenters. The van der Waals surface area contributed by atoms with E-state index in [2.05, 4.69) is 5.10 Å². The standard InChI is InChI=1S/C21H23N3O5.C7H6ClNO2/c1-4-15-12-20(25)23(13-14-5-8-17(9-6-14)24(26)27)22-21(15)16-7-10-18(28-2)19(11-16)29-3;8-5-6-1-3-7(4-2-6)9(10)11/h5-11,15H,4,12-13H2,1-3H3;1-4H,5H2. The molecule has 0 saturated heterocycles. The van der Waals surface area contributed by atoms with Crippen molar-refractivity contribution in [3.05, 3.63) is 104 Å². The zero-order valence-corrected chi connectivity index (χ0v) is 23.0. The number of hydrogen-bond donors (Lipinski definition) is 0. The Morgan fingerprint density at radius 1 is 0.900 bits per heavy atom. The Morgan fingerprint density at radius 2 is 1.45 bits per heavy atom. The number of amides is 1. The predicted molar refractivity (Wildman–Crippen MR) is 151 cm³/mol. The Hall–Kier alpha value is -4.51. The first-order chi connectivity index (χ1) is 19.2. The average Bonchev–Trinajstić information content (AvgIpc) is 2.98. The number of hydrazone groups is 1. The fraction of sp³-hybridized carbons (Fsp3) is 0.286. The molecule has 1 atom stereocenters. The van der Waals surface area contributed by atoms with Gasteiger partial charge in [0, 0.05) is 48.0 Å². The Bertz CT molecular complexity index is 1380. The SMILES string of the molecule is CCC1CC(=O)N(Cc2ccc([N+](=O)[O-])cc2)N=C1c1ccc(OC)c(OC)c1.O=[N+]([O-])c1ccc(CCl)cc1. The van der Waals surface area contributed by atoms with Crippen molar-refractivity contribution >= 4 is 34.6 Å². The van der Waals surface area contributed by atoms with Gasteiger partial charge >= 0.3 is 0 Å². The number of ether oxygens (including phenoxy) is 2. The predicted octanol–water partition coefficient (Wildman–Crippen LogP) is 6.11. The van der Waals surface area contributed by atoms with E-state index in [4.69, 9.17) is 21.1 Å². The van der Waals surface area contributed by atoms with Crippen LogP contribution >= 0.6 is 11.6 Å². The van der Waals surface area contributed by atoms with Crippen LogP contribution in [-0.4, -0.2) is 40.7 Å². The summed E-state index contributed by atoms with van der Waals surface area (Å²) < 4.78 is 10.7. The average molecular weight is 569 g/mol. The van der Waals surface area contributed by atoms with Crippen molar-refractivity contribution in [1.29, 1.82) is 0 Å². The van der Waals surface area contributed by atoms with Crippen molar-refractivity contribution < 1.29 is 24.1 Å². The van der Waals surface area contributed by atoms with Crippen LogP contribution in [0.5, 0.6) is 11.5 Å². The van der Waals surface area contributed by atoms with Gasteiger partial charge in [0.2, 0.25) is 5.91 Å². The summed E-state index contributed by atoms with van der Waals surface area (Å²) in [5, 5.41) is 27.1. The number of rotatable bonds is 9. The molecular formula is C28H29ClN4O7. The van der Waals surface area contributed by atoms with Gasteiger partial charge in [-0.3, -0.25) is 25.0 Å². The molecule has 11 nitrogen and oxygen atoms in total. The van der Waals surface area contributed by atoms with Gasteiger partial charge in [-0.25, -0.2) is 5.01 Å². The summed E-state index contributed by atoms with van der Waals surface area (Å²) >= 11 is 5.49. The highest BCUT2D eigenvalue weighted by atomic mass is 35.5. The van der Waals surface area contributed by atoms with Gasteiger partial charge in [0.15, 0.2) is 11.5 Å². The van der Waals surface area contributed by atoms with E-state index in [1.165, 1.54) is 29.3 Å². The normalized spacial score (nSPS) is 14.5. The third-order valence-electron chi connectivity index (χ3n) is 6.28. The highest BCUT2D eigenvalue weighted by Gasteiger charge is 2.29. The second kappa shape index (κ2) is 14.0. The number of nitro benzene ring substituents is 2. The number of alkyl halides is 1. The summed E-state index contributed by atoms with van der Waals surface area (Å²) in [7, 11) is 3.15. The van der Waals surface area contributed by atoms with E-state index in [1.54, 1.807) is 38.5 Å². The molecule has 0 fully saturated rings. The van der Waals surface area contributed by atoms with Crippen molar-refractivity contribution in [3.8, 4) is 11.5 Å². The van der Waals surface area contributed by atoms with Crippen molar-refractivity contribution in [2.75, 3.05) is 14.2 Å². The minimum Gasteiger partial charge on any atom is -0.493 e. The lowest BCUT2D eigenvalue weighted by molar-refractivity contribution is -0.385. The summed E-state index contributed by atoms with van der Waals surface area (Å²) in [4.78, 5) is 32.7. The Kier molecular flexibility index (Phi) is 10.5. The summed E-state index contributed by atoms with van der Waals surface area (Å²) in [6, 6.07) is 17.9. The van der Waals surface area contributed by atoms with Crippen LogP contribution < -0.4 is 9.47 Å². The smallest absolute Gasteiger partial charge is 0.269 e. The molecule has 0 aliphatic carbocycles. The number of methoxy groups -OCH3 is 2. The summed E-state index contributed by atoms with van der Waals surface area (Å²) in [6.45, 7) is 2.28. The highest BCUT2D eigenvalue weighted by Crippen LogP contribution is 2.31. The van der Waals surface area contributed by atoms with E-state index >= 15 is 0 Å². The maximum atomic E-state index is 12.6. The fourth-order valence-electron chi connectivity index (χ4n) is 4.03. The van der Waals surface area contributed by atoms with Gasteiger partial charge in [0.1, 0.15) is 0 Å². The molecule has 0 saturated carbocycles. The molecule has 1 aliphatic heterocycles. The number of benzene rings is 3. The number of non-ortho nitro benzene ring substituents is 2. The van der Waals surface area contributed by atoms with E-state index in [0.29, 0.717) is 23.8 Å². The van der Waals surface area contributed by atoms with Crippen LogP contribution in [0.15, 0.2) is 71.8 Å². The lowest BCUT2D eigenvalue weighted by atomic mass is 9.89. The van der Waals surface area contributed by atoms with Gasteiger partial charge in [-0.05, 0) is 35.7 Å². The van der Waals surface area contributed by atoms with Crippen LogP contribution in [0.3, 0.4) is 0 Å². The Balaban J connectivity index is 0.000000336. The molecule has 12 heteroatoms. The quantitative estimate of drug-likeness (QED) is 0.172. The van der Waals surface area contributed by atoms with Gasteiger partial charge in [-0.2, -0.15) is 5.10 Å². The van der Waals surface area contributed by atoms with Crippen LogP contribution in [0.25, 0.3) is 0 Å². The van der Waals surface area contributed by atoms with E-state index in [1.807, 2.05) is 25.1 Å². The topological polar surface area (TPSA) is 137 Å². The van der Waals surface area contributed by atoms with E-state index in [-0.39, 0.29) is 29.7 Å². The highest BCUT2D eigenvalue weighted by molar-refractivity contribution is 6.17.